The molecule has 14 nitrogen and oxygen atoms in total. The molecular formula is C12H21K2O14P. The van der Waals surface area contributed by atoms with E-state index in [4.69, 9.17) is 19.3 Å². The van der Waals surface area contributed by atoms with Gasteiger partial charge in [0.05, 0.1) is 21.0 Å². The number of ether oxygens (including phenoxy) is 3. The Balaban J connectivity index is 0.00000392. The van der Waals surface area contributed by atoms with Crippen molar-refractivity contribution in [2.75, 3.05) is 13.2 Å². The standard InChI is InChI=1S/C12H23O14P.2K/c13-1-3-5(14)7(16)9(18)11(24-3)26-12-10(19)8(17)6(15)4(25-12)2-23-27(20,21)22;;/h3-19H,1-2H2,(H2,20,21,22);;/q;2*+1/p-2. The summed E-state index contributed by atoms with van der Waals surface area (Å²) in [7, 11) is -5.42. The second-order valence-corrected chi connectivity index (χ2v) is 7.24. The van der Waals surface area contributed by atoms with Gasteiger partial charge in [0.1, 0.15) is 48.8 Å². The van der Waals surface area contributed by atoms with Crippen LogP contribution in [0.4, 0.5) is 0 Å². The predicted octanol–water partition coefficient (Wildman–Crippen LogP) is -12.5. The van der Waals surface area contributed by atoms with Crippen LogP contribution in [-0.4, -0.2) is 110 Å². The molecule has 2 aliphatic heterocycles. The smallest absolute Gasteiger partial charge is 0.790 e. The monoisotopic (exact) mass is 498 g/mol. The summed E-state index contributed by atoms with van der Waals surface area (Å²) in [4.78, 5) is 21.1. The maximum Gasteiger partial charge on any atom is 1.00 e. The molecule has 0 saturated carbocycles. The van der Waals surface area contributed by atoms with Gasteiger partial charge in [-0.05, 0) is 0 Å². The van der Waals surface area contributed by atoms with Gasteiger partial charge in [-0.15, -0.1) is 0 Å². The van der Waals surface area contributed by atoms with Gasteiger partial charge in [-0.2, -0.15) is 0 Å². The third-order valence-corrected chi connectivity index (χ3v) is 4.65. The summed E-state index contributed by atoms with van der Waals surface area (Å²) < 4.78 is 29.7. The van der Waals surface area contributed by atoms with Crippen molar-refractivity contribution in [3.8, 4) is 0 Å². The van der Waals surface area contributed by atoms with Crippen molar-refractivity contribution in [2.45, 2.75) is 61.4 Å². The maximum atomic E-state index is 10.5. The topological polar surface area (TPSA) is 242 Å². The van der Waals surface area contributed by atoms with Crippen LogP contribution in [0, 0.1) is 0 Å². The van der Waals surface area contributed by atoms with Crippen LogP contribution < -0.4 is 113 Å². The van der Waals surface area contributed by atoms with Crippen LogP contribution in [0.15, 0.2) is 0 Å². The molecule has 0 amide bonds. The predicted molar refractivity (Wildman–Crippen MR) is 75.1 cm³/mol. The molecule has 17 heteroatoms. The number of aliphatic hydroxyl groups excluding tert-OH is 7. The van der Waals surface area contributed by atoms with E-state index in [1.165, 1.54) is 0 Å². The van der Waals surface area contributed by atoms with Gasteiger partial charge in [0.15, 0.2) is 12.6 Å². The number of aliphatic hydroxyl groups is 7. The number of phosphoric ester groups is 1. The van der Waals surface area contributed by atoms with Crippen molar-refractivity contribution in [3.05, 3.63) is 0 Å². The molecule has 2 saturated heterocycles. The Kier molecular flexibility index (Phi) is 15.2. The van der Waals surface area contributed by atoms with E-state index in [2.05, 4.69) is 4.52 Å². The van der Waals surface area contributed by atoms with E-state index in [1.807, 2.05) is 0 Å². The molecule has 0 spiro atoms. The molecule has 0 bridgehead atoms. The average Bonchev–Trinajstić information content (AvgIpc) is 2.60. The van der Waals surface area contributed by atoms with Crippen molar-refractivity contribution in [3.63, 3.8) is 0 Å². The van der Waals surface area contributed by atoms with Gasteiger partial charge in [0.2, 0.25) is 0 Å². The largest absolute Gasteiger partial charge is 1.00 e. The first-order valence-electron chi connectivity index (χ1n) is 7.78. The average molecular weight is 498 g/mol. The van der Waals surface area contributed by atoms with Crippen LogP contribution in [0.25, 0.3) is 0 Å². The molecular weight excluding hydrogens is 477 g/mol. The summed E-state index contributed by atoms with van der Waals surface area (Å²) in [5, 5.41) is 68.0. The van der Waals surface area contributed by atoms with Crippen LogP contribution in [0.5, 0.6) is 0 Å². The van der Waals surface area contributed by atoms with Gasteiger partial charge < -0.3 is 68.8 Å². The summed E-state index contributed by atoms with van der Waals surface area (Å²) in [6.45, 7) is -1.75. The van der Waals surface area contributed by atoms with Crippen LogP contribution in [0.2, 0.25) is 0 Å². The number of phosphoric acid groups is 1. The van der Waals surface area contributed by atoms with E-state index in [9.17, 15) is 45.0 Å². The normalized spacial score (nSPS) is 43.2. The van der Waals surface area contributed by atoms with Crippen molar-refractivity contribution in [2.24, 2.45) is 0 Å². The Labute approximate surface area is 250 Å². The summed E-state index contributed by atoms with van der Waals surface area (Å²) in [6, 6.07) is 0. The van der Waals surface area contributed by atoms with Crippen LogP contribution >= 0.6 is 7.82 Å². The quantitative estimate of drug-likeness (QED) is 0.133. The molecule has 7 N–H and O–H groups in total. The van der Waals surface area contributed by atoms with Crippen molar-refractivity contribution < 1.29 is 172 Å². The van der Waals surface area contributed by atoms with E-state index < -0.39 is 82.4 Å². The molecule has 2 rings (SSSR count). The van der Waals surface area contributed by atoms with Gasteiger partial charge in [-0.3, -0.25) is 0 Å². The van der Waals surface area contributed by atoms with Gasteiger partial charge in [-0.25, -0.2) is 0 Å². The summed E-state index contributed by atoms with van der Waals surface area (Å²) in [5.41, 5.74) is 0. The second kappa shape index (κ2) is 13.8. The van der Waals surface area contributed by atoms with Gasteiger partial charge in [0, 0.05) is 0 Å². The Morgan fingerprint density at radius 3 is 1.59 bits per heavy atom. The Morgan fingerprint density at radius 2 is 1.17 bits per heavy atom. The van der Waals surface area contributed by atoms with Crippen molar-refractivity contribution in [1.29, 1.82) is 0 Å². The molecule has 2 aliphatic rings. The van der Waals surface area contributed by atoms with E-state index in [-0.39, 0.29) is 103 Å². The van der Waals surface area contributed by atoms with E-state index in [0.717, 1.165) is 0 Å². The number of hydrogen-bond donors (Lipinski definition) is 7. The zero-order chi connectivity index (χ0) is 20.5. The molecule has 0 aromatic heterocycles. The molecule has 10 unspecified atom stereocenters. The number of hydrogen-bond acceptors (Lipinski definition) is 14. The van der Waals surface area contributed by atoms with Gasteiger partial charge in [0.25, 0.3) is 0 Å². The van der Waals surface area contributed by atoms with E-state index in [1.54, 1.807) is 0 Å². The van der Waals surface area contributed by atoms with Gasteiger partial charge in [-0.1, -0.05) is 0 Å². The minimum atomic E-state index is -5.42. The molecule has 0 aliphatic carbocycles. The zero-order valence-corrected chi connectivity index (χ0v) is 22.8. The minimum Gasteiger partial charge on any atom is -0.790 e. The minimum absolute atomic E-state index is 0. The molecule has 2 heterocycles. The second-order valence-electron chi connectivity index (χ2n) is 6.09. The van der Waals surface area contributed by atoms with Gasteiger partial charge >= 0.3 is 103 Å². The summed E-state index contributed by atoms with van der Waals surface area (Å²) in [6.07, 6.45) is -17.5. The third-order valence-electron chi connectivity index (χ3n) is 4.18. The Hall–Kier alpha value is 2.98. The molecule has 10 atom stereocenters. The molecule has 160 valence electrons. The first kappa shape index (κ1) is 32.0. The molecule has 29 heavy (non-hydrogen) atoms. The Morgan fingerprint density at radius 1 is 0.759 bits per heavy atom. The first-order chi connectivity index (χ1) is 12.5. The van der Waals surface area contributed by atoms with Crippen molar-refractivity contribution in [1.82, 2.24) is 0 Å². The van der Waals surface area contributed by atoms with Crippen LogP contribution in [0.1, 0.15) is 0 Å². The van der Waals surface area contributed by atoms with Crippen LogP contribution in [-0.2, 0) is 23.3 Å². The van der Waals surface area contributed by atoms with Crippen LogP contribution in [0.3, 0.4) is 0 Å². The SMILES string of the molecule is O=P([O-])([O-])OCC1OC(OC2OC(CO)C(O)C(O)C2O)C(O)C(O)C1O.[K+].[K+]. The summed E-state index contributed by atoms with van der Waals surface area (Å²) in [5.74, 6) is 0. The molecule has 0 radical (unpaired) electrons. The fraction of sp³-hybridized carbons (Fsp3) is 1.00. The molecule has 2 fully saturated rings. The first-order valence-corrected chi connectivity index (χ1v) is 9.24. The summed E-state index contributed by atoms with van der Waals surface area (Å²) >= 11 is 0. The molecule has 0 aromatic rings. The van der Waals surface area contributed by atoms with E-state index >= 15 is 0 Å². The fourth-order valence-corrected chi connectivity index (χ4v) is 2.97. The fourth-order valence-electron chi connectivity index (χ4n) is 2.64. The van der Waals surface area contributed by atoms with E-state index in [0.29, 0.717) is 0 Å². The Bertz CT molecular complexity index is 537. The zero-order valence-electron chi connectivity index (χ0n) is 15.6. The van der Waals surface area contributed by atoms with Crippen molar-refractivity contribution >= 4 is 7.82 Å². The molecule has 0 aromatic carbocycles. The maximum absolute atomic E-state index is 10.5. The third kappa shape index (κ3) is 8.61. The number of rotatable bonds is 6.